The SMILES string of the molecule is CC(C)c1c[nH]c2ccc(C#N)cc12. The summed E-state index contributed by atoms with van der Waals surface area (Å²) in [7, 11) is 0. The molecule has 1 aromatic heterocycles. The zero-order valence-corrected chi connectivity index (χ0v) is 8.33. The van der Waals surface area contributed by atoms with E-state index in [2.05, 4.69) is 24.9 Å². The van der Waals surface area contributed by atoms with Crippen molar-refractivity contribution < 1.29 is 0 Å². The van der Waals surface area contributed by atoms with Gasteiger partial charge in [0, 0.05) is 17.1 Å². The summed E-state index contributed by atoms with van der Waals surface area (Å²) >= 11 is 0. The van der Waals surface area contributed by atoms with Gasteiger partial charge in [-0.2, -0.15) is 5.26 Å². The van der Waals surface area contributed by atoms with E-state index in [1.807, 2.05) is 24.4 Å². The van der Waals surface area contributed by atoms with Gasteiger partial charge in [-0.15, -0.1) is 0 Å². The lowest BCUT2D eigenvalue weighted by molar-refractivity contribution is 0.875. The van der Waals surface area contributed by atoms with E-state index in [0.717, 1.165) is 11.1 Å². The number of fused-ring (bicyclic) bond motifs is 1. The maximum Gasteiger partial charge on any atom is 0.0991 e. The smallest absolute Gasteiger partial charge is 0.0991 e. The zero-order valence-electron chi connectivity index (χ0n) is 8.33. The summed E-state index contributed by atoms with van der Waals surface area (Å²) in [5.74, 6) is 0.484. The van der Waals surface area contributed by atoms with Crippen LogP contribution in [0.15, 0.2) is 24.4 Å². The van der Waals surface area contributed by atoms with E-state index < -0.39 is 0 Å². The van der Waals surface area contributed by atoms with Crippen LogP contribution in [0, 0.1) is 11.3 Å². The number of rotatable bonds is 1. The summed E-state index contributed by atoms with van der Waals surface area (Å²) in [6, 6.07) is 7.90. The van der Waals surface area contributed by atoms with Gasteiger partial charge in [-0.25, -0.2) is 0 Å². The van der Waals surface area contributed by atoms with E-state index in [-0.39, 0.29) is 0 Å². The fourth-order valence-corrected chi connectivity index (χ4v) is 1.69. The van der Waals surface area contributed by atoms with E-state index in [1.54, 1.807) is 0 Å². The van der Waals surface area contributed by atoms with Crippen LogP contribution >= 0.6 is 0 Å². The average Bonchev–Trinajstić information content (AvgIpc) is 2.59. The highest BCUT2D eigenvalue weighted by molar-refractivity contribution is 5.84. The molecule has 0 saturated carbocycles. The lowest BCUT2D eigenvalue weighted by atomic mass is 10.0. The van der Waals surface area contributed by atoms with Crippen LogP contribution in [-0.4, -0.2) is 4.98 Å². The Labute approximate surface area is 83.2 Å². The van der Waals surface area contributed by atoms with E-state index in [1.165, 1.54) is 10.9 Å². The minimum atomic E-state index is 0.484. The van der Waals surface area contributed by atoms with E-state index >= 15 is 0 Å². The molecule has 0 aliphatic rings. The molecule has 0 spiro atoms. The first kappa shape index (κ1) is 8.83. The normalized spacial score (nSPS) is 10.7. The largest absolute Gasteiger partial charge is 0.361 e. The first-order valence-corrected chi connectivity index (χ1v) is 4.73. The number of nitriles is 1. The number of benzene rings is 1. The molecule has 70 valence electrons. The number of nitrogens with one attached hydrogen (secondary N) is 1. The second-order valence-corrected chi connectivity index (χ2v) is 3.77. The summed E-state index contributed by atoms with van der Waals surface area (Å²) in [5.41, 5.74) is 3.10. The zero-order chi connectivity index (χ0) is 10.1. The van der Waals surface area contributed by atoms with Crippen molar-refractivity contribution in [2.45, 2.75) is 19.8 Å². The van der Waals surface area contributed by atoms with Gasteiger partial charge in [0.25, 0.3) is 0 Å². The van der Waals surface area contributed by atoms with Crippen molar-refractivity contribution in [3.8, 4) is 6.07 Å². The number of hydrogen-bond acceptors (Lipinski definition) is 1. The highest BCUT2D eigenvalue weighted by atomic mass is 14.7. The molecule has 0 bridgehead atoms. The maximum absolute atomic E-state index is 8.80. The average molecular weight is 184 g/mol. The number of H-pyrrole nitrogens is 1. The lowest BCUT2D eigenvalue weighted by Crippen LogP contribution is -1.84. The van der Waals surface area contributed by atoms with Crippen molar-refractivity contribution in [3.05, 3.63) is 35.5 Å². The third kappa shape index (κ3) is 1.27. The van der Waals surface area contributed by atoms with Crippen LogP contribution in [0.3, 0.4) is 0 Å². The van der Waals surface area contributed by atoms with Gasteiger partial charge in [0.05, 0.1) is 11.6 Å². The number of aromatic nitrogens is 1. The molecule has 0 radical (unpaired) electrons. The molecule has 0 unspecified atom stereocenters. The first-order chi connectivity index (χ1) is 6.72. The molecule has 0 aliphatic carbocycles. The highest BCUT2D eigenvalue weighted by Crippen LogP contribution is 2.25. The molecule has 0 fully saturated rings. The molecule has 1 aromatic carbocycles. The summed E-state index contributed by atoms with van der Waals surface area (Å²) in [6.07, 6.45) is 2.02. The van der Waals surface area contributed by atoms with Crippen LogP contribution < -0.4 is 0 Å². The molecular formula is C12H12N2. The van der Waals surface area contributed by atoms with Gasteiger partial charge in [-0.05, 0) is 29.7 Å². The fourth-order valence-electron chi connectivity index (χ4n) is 1.69. The summed E-state index contributed by atoms with van der Waals surface area (Å²) < 4.78 is 0. The molecule has 2 rings (SSSR count). The van der Waals surface area contributed by atoms with Crippen LogP contribution in [0.4, 0.5) is 0 Å². The van der Waals surface area contributed by atoms with Gasteiger partial charge in [0.15, 0.2) is 0 Å². The van der Waals surface area contributed by atoms with Crippen molar-refractivity contribution in [3.63, 3.8) is 0 Å². The van der Waals surface area contributed by atoms with Crippen molar-refractivity contribution >= 4 is 10.9 Å². The Bertz CT molecular complexity index is 501. The van der Waals surface area contributed by atoms with Gasteiger partial charge in [-0.1, -0.05) is 13.8 Å². The van der Waals surface area contributed by atoms with Gasteiger partial charge >= 0.3 is 0 Å². The molecule has 0 atom stereocenters. The Morgan fingerprint density at radius 1 is 1.36 bits per heavy atom. The molecule has 2 aromatic rings. The number of nitrogens with zero attached hydrogens (tertiary/aromatic N) is 1. The van der Waals surface area contributed by atoms with Gasteiger partial charge in [0.1, 0.15) is 0 Å². The topological polar surface area (TPSA) is 39.6 Å². The van der Waals surface area contributed by atoms with Crippen molar-refractivity contribution in [1.82, 2.24) is 4.98 Å². The van der Waals surface area contributed by atoms with Crippen molar-refractivity contribution in [2.75, 3.05) is 0 Å². The third-order valence-corrected chi connectivity index (χ3v) is 2.46. The summed E-state index contributed by atoms with van der Waals surface area (Å²) in [6.45, 7) is 4.31. The quantitative estimate of drug-likeness (QED) is 0.726. The minimum Gasteiger partial charge on any atom is -0.361 e. The second kappa shape index (κ2) is 3.19. The number of aromatic amines is 1. The van der Waals surface area contributed by atoms with Crippen LogP contribution in [0.25, 0.3) is 10.9 Å². The van der Waals surface area contributed by atoms with Gasteiger partial charge in [-0.3, -0.25) is 0 Å². The molecule has 0 aliphatic heterocycles. The maximum atomic E-state index is 8.80. The number of hydrogen-bond donors (Lipinski definition) is 1. The Kier molecular flexibility index (Phi) is 2.01. The lowest BCUT2D eigenvalue weighted by Gasteiger charge is -2.01. The monoisotopic (exact) mass is 184 g/mol. The molecule has 1 heterocycles. The van der Waals surface area contributed by atoms with Gasteiger partial charge < -0.3 is 4.98 Å². The van der Waals surface area contributed by atoms with Crippen LogP contribution in [0.5, 0.6) is 0 Å². The minimum absolute atomic E-state index is 0.484. The Balaban J connectivity index is 2.71. The second-order valence-electron chi connectivity index (χ2n) is 3.77. The Morgan fingerprint density at radius 3 is 2.79 bits per heavy atom. The molecule has 0 amide bonds. The van der Waals surface area contributed by atoms with E-state index in [9.17, 15) is 0 Å². The highest BCUT2D eigenvalue weighted by Gasteiger charge is 2.07. The Hall–Kier alpha value is -1.75. The van der Waals surface area contributed by atoms with Crippen molar-refractivity contribution in [2.24, 2.45) is 0 Å². The fraction of sp³-hybridized carbons (Fsp3) is 0.250. The molecule has 2 nitrogen and oxygen atoms in total. The molecule has 2 heteroatoms. The predicted molar refractivity (Wildman–Crippen MR) is 57.1 cm³/mol. The van der Waals surface area contributed by atoms with E-state index in [0.29, 0.717) is 5.92 Å². The summed E-state index contributed by atoms with van der Waals surface area (Å²) in [4.78, 5) is 3.21. The molecule has 1 N–H and O–H groups in total. The standard InChI is InChI=1S/C12H12N2/c1-8(2)11-7-14-12-4-3-9(6-13)5-10(11)12/h3-5,7-8,14H,1-2H3. The Morgan fingerprint density at radius 2 is 2.14 bits per heavy atom. The first-order valence-electron chi connectivity index (χ1n) is 4.73. The molecular weight excluding hydrogens is 172 g/mol. The van der Waals surface area contributed by atoms with Crippen LogP contribution in [-0.2, 0) is 0 Å². The van der Waals surface area contributed by atoms with E-state index in [4.69, 9.17) is 5.26 Å². The molecule has 0 saturated heterocycles. The summed E-state index contributed by atoms with van der Waals surface area (Å²) in [5, 5.41) is 9.97. The van der Waals surface area contributed by atoms with Crippen LogP contribution in [0.2, 0.25) is 0 Å². The third-order valence-electron chi connectivity index (χ3n) is 2.46. The predicted octanol–water partition coefficient (Wildman–Crippen LogP) is 3.16. The molecule has 14 heavy (non-hydrogen) atoms. The van der Waals surface area contributed by atoms with Crippen LogP contribution in [0.1, 0.15) is 30.9 Å². The van der Waals surface area contributed by atoms with Gasteiger partial charge in [0.2, 0.25) is 0 Å². The van der Waals surface area contributed by atoms with Crippen molar-refractivity contribution in [1.29, 1.82) is 5.26 Å².